The predicted octanol–water partition coefficient (Wildman–Crippen LogP) is 18.1. The zero-order valence-electron chi connectivity index (χ0n) is 42.2. The number of ether oxygens (including phenoxy) is 2. The van der Waals surface area contributed by atoms with Crippen LogP contribution in [0.4, 0.5) is 34.1 Å². The number of fused-ring (bicyclic) bond motifs is 7. The number of hydrogen-bond acceptors (Lipinski definition) is 10. The minimum Gasteiger partial charge on any atom is -0.491 e. The fraction of sp³-hybridized carbons (Fsp3) is 0.143. The Balaban J connectivity index is 0.939. The second-order valence-electron chi connectivity index (χ2n) is 18.1. The van der Waals surface area contributed by atoms with Gasteiger partial charge in [-0.25, -0.2) is 0 Å². The number of hydroxylamine groups is 1. The molecule has 76 heavy (non-hydrogen) atoms. The third-order valence-electron chi connectivity index (χ3n) is 13.6. The summed E-state index contributed by atoms with van der Waals surface area (Å²) in [5.41, 5.74) is 6.81. The number of ketones is 1. The lowest BCUT2D eigenvalue weighted by molar-refractivity contribution is 0.0953. The lowest BCUT2D eigenvalue weighted by Crippen LogP contribution is -2.31. The highest BCUT2D eigenvalue weighted by atomic mass is 35.5. The molecule has 11 nitrogen and oxygen atoms in total. The summed E-state index contributed by atoms with van der Waals surface area (Å²) < 4.78 is 12.7. The van der Waals surface area contributed by atoms with Crippen LogP contribution in [-0.4, -0.2) is 38.0 Å². The largest absolute Gasteiger partial charge is 0.491 e. The van der Waals surface area contributed by atoms with Crippen molar-refractivity contribution in [1.82, 2.24) is 0 Å². The number of benzene rings is 10. The van der Waals surface area contributed by atoms with Gasteiger partial charge in [0.15, 0.2) is 17.3 Å². The van der Waals surface area contributed by atoms with E-state index in [-0.39, 0.29) is 24.9 Å². The van der Waals surface area contributed by atoms with Crippen LogP contribution >= 0.6 is 23.2 Å². The smallest absolute Gasteiger partial charge is 0.262 e. The Kier molecular flexibility index (Phi) is 14.0. The van der Waals surface area contributed by atoms with E-state index >= 15 is 0 Å². The third kappa shape index (κ3) is 9.38. The molecule has 0 N–H and O–H groups in total. The van der Waals surface area contributed by atoms with E-state index in [9.17, 15) is 9.59 Å². The van der Waals surface area contributed by atoms with Crippen molar-refractivity contribution in [1.29, 1.82) is 0 Å². The molecule has 0 spiro atoms. The highest BCUT2D eigenvalue weighted by Crippen LogP contribution is 2.46. The minimum atomic E-state index is -0.297. The van der Waals surface area contributed by atoms with Crippen LogP contribution < -0.4 is 19.4 Å². The Morgan fingerprint density at radius 2 is 0.974 bits per heavy atom. The summed E-state index contributed by atoms with van der Waals surface area (Å²) in [7, 11) is 0. The molecule has 10 aromatic rings. The molecule has 0 aliphatic heterocycles. The van der Waals surface area contributed by atoms with Gasteiger partial charge in [-0.15, -0.1) is 10.2 Å². The molecule has 13 heteroatoms. The fourth-order valence-corrected chi connectivity index (χ4v) is 10.5. The maximum absolute atomic E-state index is 14.7. The first-order valence-electron chi connectivity index (χ1n) is 25.3. The van der Waals surface area contributed by atoms with Gasteiger partial charge < -0.3 is 14.4 Å². The summed E-state index contributed by atoms with van der Waals surface area (Å²) in [6, 6.07) is 54.3. The first-order valence-corrected chi connectivity index (χ1v) is 26.0. The Labute approximate surface area is 449 Å². The van der Waals surface area contributed by atoms with E-state index < -0.39 is 0 Å². The molecule has 10 aromatic carbocycles. The first kappa shape index (κ1) is 49.7. The van der Waals surface area contributed by atoms with Gasteiger partial charge in [-0.05, 0) is 156 Å². The van der Waals surface area contributed by atoms with Gasteiger partial charge in [0.05, 0.1) is 51.6 Å². The molecule has 1 amide bonds. The van der Waals surface area contributed by atoms with Gasteiger partial charge in [-0.2, -0.15) is 10.2 Å². The van der Waals surface area contributed by atoms with Crippen LogP contribution in [0.3, 0.4) is 0 Å². The molecule has 0 saturated heterocycles. The Hall–Kier alpha value is -8.48. The van der Waals surface area contributed by atoms with Crippen LogP contribution in [0.1, 0.15) is 59.5 Å². The van der Waals surface area contributed by atoms with E-state index in [0.717, 1.165) is 65.5 Å². The molecule has 1 aliphatic rings. The van der Waals surface area contributed by atoms with Crippen molar-refractivity contribution < 1.29 is 23.9 Å². The molecule has 0 fully saturated rings. The summed E-state index contributed by atoms with van der Waals surface area (Å²) in [5, 5.41) is 29.6. The number of halogens is 2. The van der Waals surface area contributed by atoms with Gasteiger partial charge in [0.1, 0.15) is 18.0 Å². The Morgan fingerprint density at radius 1 is 0.487 bits per heavy atom. The van der Waals surface area contributed by atoms with Gasteiger partial charge in [-0.1, -0.05) is 108 Å². The molecule has 1 aliphatic carbocycles. The van der Waals surface area contributed by atoms with Crippen LogP contribution in [0, 0.1) is 0 Å². The number of carbonyl (C=O) groups excluding carboxylic acids is 2. The number of anilines is 2. The highest BCUT2D eigenvalue weighted by molar-refractivity contribution is 6.34. The Morgan fingerprint density at radius 3 is 1.50 bits per heavy atom. The summed E-state index contributed by atoms with van der Waals surface area (Å²) in [6.07, 6.45) is 0. The normalized spacial score (nSPS) is 12.1. The maximum Gasteiger partial charge on any atom is 0.262 e. The molecule has 0 heterocycles. The second-order valence-corrected chi connectivity index (χ2v) is 18.9. The third-order valence-corrected chi connectivity index (χ3v) is 14.2. The van der Waals surface area contributed by atoms with Gasteiger partial charge in [0, 0.05) is 40.6 Å². The van der Waals surface area contributed by atoms with E-state index in [1.165, 1.54) is 0 Å². The SMILES string of the molecule is CCOc1c(CON(CC)c2ccccc2Cl)cc2cc3ccccc3cc2c1N=Nc1ccc2c(c1)C(=O)c1cc(N=Nc3c(OCC)c(C(=O)N(CC)c4ccccc4Cl)cc4cc5ccccc5cc34)ccc1-2. The Bertz CT molecular complexity index is 4010. The summed E-state index contributed by atoms with van der Waals surface area (Å²) in [4.78, 5) is 37.2. The molecule has 376 valence electrons. The molecule has 0 aromatic heterocycles. The van der Waals surface area contributed by atoms with Crippen LogP contribution in [0.2, 0.25) is 10.0 Å². The van der Waals surface area contributed by atoms with Crippen molar-refractivity contribution >= 4 is 112 Å². The standard InChI is InChI=1S/C63H50Cl2N6O5/c1-5-70(56-23-15-13-21-54(56)64)63(73)53-34-43-30-39-18-10-12-20-41(39)33-50(43)59(62(53)75-8-4)69-67-46-26-28-48-47-27-25-45(35-51(47)60(72)52(48)36-46)66-68-58-49-32-40-19-11-9-17-38(40)29-42(49)31-44(61(58)74-7-3)37-76-71(6-2)57-24-16-14-22-55(57)65/h9-36H,5-8,37H2,1-4H3. The summed E-state index contributed by atoms with van der Waals surface area (Å²) >= 11 is 13.2. The summed E-state index contributed by atoms with van der Waals surface area (Å²) in [5.74, 6) is 0.364. The zero-order chi connectivity index (χ0) is 52.5. The van der Waals surface area contributed by atoms with E-state index in [2.05, 4.69) is 30.3 Å². The second kappa shape index (κ2) is 21.4. The van der Waals surface area contributed by atoms with Gasteiger partial charge in [-0.3, -0.25) is 19.5 Å². The molecule has 0 saturated carbocycles. The number of azo groups is 2. The molecule has 0 bridgehead atoms. The predicted molar refractivity (Wildman–Crippen MR) is 307 cm³/mol. The fourth-order valence-electron chi connectivity index (χ4n) is 9.99. The van der Waals surface area contributed by atoms with Crippen molar-refractivity contribution in [2.24, 2.45) is 20.5 Å². The van der Waals surface area contributed by atoms with E-state index in [0.29, 0.717) is 86.4 Å². The number of carbonyl (C=O) groups is 2. The average molecular weight is 1040 g/mol. The van der Waals surface area contributed by atoms with Crippen LogP contribution in [-0.2, 0) is 11.4 Å². The lowest BCUT2D eigenvalue weighted by atomic mass is 9.98. The van der Waals surface area contributed by atoms with Crippen LogP contribution in [0.25, 0.3) is 54.2 Å². The number of rotatable bonds is 16. The first-order chi connectivity index (χ1) is 37.2. The quantitative estimate of drug-likeness (QED) is 0.0540. The minimum absolute atomic E-state index is 0.169. The maximum atomic E-state index is 14.7. The van der Waals surface area contributed by atoms with Crippen LogP contribution in [0.5, 0.6) is 11.5 Å². The number of nitrogens with zero attached hydrogens (tertiary/aromatic N) is 6. The molecule has 0 radical (unpaired) electrons. The number of hydrogen-bond donors (Lipinski definition) is 0. The van der Waals surface area contributed by atoms with Crippen molar-refractivity contribution in [3.8, 4) is 22.6 Å². The van der Waals surface area contributed by atoms with Crippen molar-refractivity contribution in [3.63, 3.8) is 0 Å². The van der Waals surface area contributed by atoms with Crippen LogP contribution in [0.15, 0.2) is 190 Å². The van der Waals surface area contributed by atoms with E-state index in [1.807, 2.05) is 149 Å². The monoisotopic (exact) mass is 1040 g/mol. The van der Waals surface area contributed by atoms with Gasteiger partial charge in [0.2, 0.25) is 0 Å². The molecular formula is C63H50Cl2N6O5. The van der Waals surface area contributed by atoms with Gasteiger partial charge >= 0.3 is 0 Å². The highest BCUT2D eigenvalue weighted by Gasteiger charge is 2.29. The number of para-hydroxylation sites is 2. The molecular weight excluding hydrogens is 992 g/mol. The average Bonchev–Trinajstić information content (AvgIpc) is 3.73. The summed E-state index contributed by atoms with van der Waals surface area (Å²) in [6.45, 7) is 9.42. The molecule has 0 unspecified atom stereocenters. The molecule has 11 rings (SSSR count). The number of amides is 1. The van der Waals surface area contributed by atoms with E-state index in [4.69, 9.17) is 58.0 Å². The van der Waals surface area contributed by atoms with Crippen molar-refractivity contribution in [3.05, 3.63) is 202 Å². The molecule has 0 atom stereocenters. The van der Waals surface area contributed by atoms with E-state index in [1.54, 1.807) is 28.2 Å². The topological polar surface area (TPSA) is 118 Å². The zero-order valence-corrected chi connectivity index (χ0v) is 43.7. The lowest BCUT2D eigenvalue weighted by Gasteiger charge is -2.24. The van der Waals surface area contributed by atoms with Crippen molar-refractivity contribution in [2.45, 2.75) is 34.3 Å². The van der Waals surface area contributed by atoms with Crippen molar-refractivity contribution in [2.75, 3.05) is 36.3 Å². The van der Waals surface area contributed by atoms with Gasteiger partial charge in [0.25, 0.3) is 5.91 Å².